The van der Waals surface area contributed by atoms with Gasteiger partial charge in [-0.05, 0) is 36.4 Å². The van der Waals surface area contributed by atoms with Gasteiger partial charge in [0, 0.05) is 16.5 Å². The third-order valence-electron chi connectivity index (χ3n) is 5.74. The molecular weight excluding hydrogens is 492 g/mol. The van der Waals surface area contributed by atoms with Gasteiger partial charge in [-0.2, -0.15) is 0 Å². The Kier molecular flexibility index (Phi) is 4.91. The molecule has 8 nitrogen and oxygen atoms in total. The zero-order valence-corrected chi connectivity index (χ0v) is 19.6. The van der Waals surface area contributed by atoms with E-state index in [1.165, 1.54) is 35.7 Å². The lowest BCUT2D eigenvalue weighted by Crippen LogP contribution is -2.30. The maximum atomic E-state index is 13.7. The first kappa shape index (κ1) is 21.5. The van der Waals surface area contributed by atoms with Crippen molar-refractivity contribution >= 4 is 60.9 Å². The second kappa shape index (κ2) is 8.00. The molecule has 3 aromatic heterocycles. The highest BCUT2D eigenvalue weighted by atomic mass is 35.5. The number of Topliss-reactive ketones (excluding diaryl/α,β-unsaturated/α-hetero) is 1. The Bertz CT molecular complexity index is 1630. The molecule has 0 spiro atoms. The minimum absolute atomic E-state index is 0.0855. The number of nitrogens with zero attached hydrogens (tertiary/aromatic N) is 2. The molecule has 1 N–H and O–H groups in total. The fraction of sp³-hybridized carbons (Fsp3) is 0.0800. The number of carbonyl (C=O) groups excluding carboxylic acids is 2. The van der Waals surface area contributed by atoms with Crippen molar-refractivity contribution in [3.63, 3.8) is 0 Å². The zero-order chi connectivity index (χ0) is 24.3. The van der Waals surface area contributed by atoms with Gasteiger partial charge in [0.2, 0.25) is 5.78 Å². The number of aliphatic hydroxyl groups is 1. The highest BCUT2D eigenvalue weighted by Gasteiger charge is 2.48. The number of amides is 1. The molecule has 35 heavy (non-hydrogen) atoms. The first-order chi connectivity index (χ1) is 17.0. The summed E-state index contributed by atoms with van der Waals surface area (Å²) in [6.45, 7) is 0. The number of ketones is 1. The van der Waals surface area contributed by atoms with Gasteiger partial charge in [-0.25, -0.2) is 4.98 Å². The smallest absolute Gasteiger partial charge is 0.296 e. The Balaban J connectivity index is 1.49. The number of anilines is 1. The molecule has 0 fully saturated rings. The van der Waals surface area contributed by atoms with Gasteiger partial charge in [-0.1, -0.05) is 35.1 Å². The van der Waals surface area contributed by atoms with Crippen LogP contribution < -0.4 is 9.64 Å². The summed E-state index contributed by atoms with van der Waals surface area (Å²) in [4.78, 5) is 32.8. The number of benzene rings is 2. The second-order valence-corrected chi connectivity index (χ2v) is 9.23. The van der Waals surface area contributed by atoms with Gasteiger partial charge in [0.1, 0.15) is 11.8 Å². The van der Waals surface area contributed by atoms with Crippen molar-refractivity contribution in [1.82, 2.24) is 4.98 Å². The fourth-order valence-corrected chi connectivity index (χ4v) is 5.40. The maximum absolute atomic E-state index is 13.7. The highest BCUT2D eigenvalue weighted by Crippen LogP contribution is 2.45. The third-order valence-corrected chi connectivity index (χ3v) is 7.00. The predicted octanol–water partition coefficient (Wildman–Crippen LogP) is 6.08. The van der Waals surface area contributed by atoms with Gasteiger partial charge in [-0.15, -0.1) is 0 Å². The summed E-state index contributed by atoms with van der Waals surface area (Å²) in [6, 6.07) is 14.3. The maximum Gasteiger partial charge on any atom is 0.296 e. The molecular formula is C25H15ClN2O6S. The number of hydrogen-bond donors (Lipinski definition) is 1. The summed E-state index contributed by atoms with van der Waals surface area (Å²) in [5.74, 6) is -1.56. The molecule has 1 atom stereocenters. The van der Waals surface area contributed by atoms with Crippen molar-refractivity contribution in [1.29, 1.82) is 0 Å². The lowest BCUT2D eigenvalue weighted by Gasteiger charge is -2.21. The van der Waals surface area contributed by atoms with Crippen molar-refractivity contribution in [2.24, 2.45) is 0 Å². The monoisotopic (exact) mass is 506 g/mol. The van der Waals surface area contributed by atoms with Gasteiger partial charge in [-0.3, -0.25) is 14.5 Å². The number of carbonyl (C=O) groups is 2. The lowest BCUT2D eigenvalue weighted by atomic mass is 10.00. The zero-order valence-electron chi connectivity index (χ0n) is 18.0. The average Bonchev–Trinajstić information content (AvgIpc) is 3.63. The minimum atomic E-state index is -1.04. The second-order valence-electron chi connectivity index (χ2n) is 7.79. The van der Waals surface area contributed by atoms with Crippen molar-refractivity contribution in [3.8, 4) is 5.75 Å². The van der Waals surface area contributed by atoms with Crippen LogP contribution in [0.15, 0.2) is 81.0 Å². The van der Waals surface area contributed by atoms with Crippen LogP contribution in [0.3, 0.4) is 0 Å². The summed E-state index contributed by atoms with van der Waals surface area (Å²) in [7, 11) is 1.46. The van der Waals surface area contributed by atoms with E-state index >= 15 is 0 Å². The standard InChI is InChI=1S/C25H15ClN2O6S/c1-32-17-11-13(26)9-12-10-16(34-23(12)17)21(29)19-20(15-6-4-8-33-15)28(24(31)22(19)30)25-27-14-5-2-3-7-18(14)35-25/h2-11,20,30H,1H3. The minimum Gasteiger partial charge on any atom is -0.503 e. The average molecular weight is 507 g/mol. The van der Waals surface area contributed by atoms with Crippen LogP contribution >= 0.6 is 22.9 Å². The molecule has 2 aromatic carbocycles. The molecule has 0 aliphatic carbocycles. The van der Waals surface area contributed by atoms with Crippen LogP contribution in [0.1, 0.15) is 22.4 Å². The van der Waals surface area contributed by atoms with Crippen LogP contribution in [0, 0.1) is 0 Å². The molecule has 1 unspecified atom stereocenters. The summed E-state index contributed by atoms with van der Waals surface area (Å²) >= 11 is 7.42. The summed E-state index contributed by atoms with van der Waals surface area (Å²) in [5.41, 5.74) is 0.842. The molecule has 4 heterocycles. The molecule has 1 aliphatic rings. The topological polar surface area (TPSA) is 106 Å². The van der Waals surface area contributed by atoms with E-state index in [0.29, 0.717) is 38.1 Å². The number of aliphatic hydroxyl groups excluding tert-OH is 1. The van der Waals surface area contributed by atoms with Crippen LogP contribution in [0.2, 0.25) is 5.02 Å². The first-order valence-electron chi connectivity index (χ1n) is 10.4. The number of methoxy groups -OCH3 is 1. The fourth-order valence-electron chi connectivity index (χ4n) is 4.20. The number of fused-ring (bicyclic) bond motifs is 2. The predicted molar refractivity (Wildman–Crippen MR) is 130 cm³/mol. The van der Waals surface area contributed by atoms with Crippen LogP contribution in [0.4, 0.5) is 5.13 Å². The van der Waals surface area contributed by atoms with Gasteiger partial charge in [0.25, 0.3) is 5.91 Å². The van der Waals surface area contributed by atoms with Crippen molar-refractivity contribution in [2.45, 2.75) is 6.04 Å². The quantitative estimate of drug-likeness (QED) is 0.288. The summed E-state index contributed by atoms with van der Waals surface area (Å²) in [6.07, 6.45) is 1.43. The molecule has 0 saturated heterocycles. The number of hydrogen-bond acceptors (Lipinski definition) is 8. The van der Waals surface area contributed by atoms with Gasteiger partial charge in [0.15, 0.2) is 28.0 Å². The van der Waals surface area contributed by atoms with E-state index in [1.807, 2.05) is 24.3 Å². The van der Waals surface area contributed by atoms with E-state index in [9.17, 15) is 14.7 Å². The number of furan rings is 2. The van der Waals surface area contributed by atoms with Gasteiger partial charge >= 0.3 is 0 Å². The van der Waals surface area contributed by atoms with Crippen LogP contribution in [-0.4, -0.2) is 28.9 Å². The van der Waals surface area contributed by atoms with E-state index < -0.39 is 23.5 Å². The molecule has 0 bridgehead atoms. The summed E-state index contributed by atoms with van der Waals surface area (Å²) < 4.78 is 17.6. The normalized spacial score (nSPS) is 16.1. The molecule has 1 aliphatic heterocycles. The Morgan fingerprint density at radius 3 is 2.77 bits per heavy atom. The van der Waals surface area contributed by atoms with Crippen LogP contribution in [0.25, 0.3) is 21.2 Å². The largest absolute Gasteiger partial charge is 0.503 e. The Labute approximate surface area is 206 Å². The molecule has 0 saturated carbocycles. The van der Waals surface area contributed by atoms with Crippen LogP contribution in [-0.2, 0) is 4.79 Å². The van der Waals surface area contributed by atoms with Crippen molar-refractivity contribution < 1.29 is 28.3 Å². The van der Waals surface area contributed by atoms with Crippen molar-refractivity contribution in [2.75, 3.05) is 12.0 Å². The molecule has 10 heteroatoms. The summed E-state index contributed by atoms with van der Waals surface area (Å²) in [5, 5.41) is 12.2. The third kappa shape index (κ3) is 3.31. The number of rotatable bonds is 5. The van der Waals surface area contributed by atoms with E-state index in [1.54, 1.807) is 24.3 Å². The molecule has 1 amide bonds. The van der Waals surface area contributed by atoms with E-state index in [0.717, 1.165) is 4.70 Å². The molecule has 174 valence electrons. The molecule has 6 rings (SSSR count). The lowest BCUT2D eigenvalue weighted by molar-refractivity contribution is -0.117. The van der Waals surface area contributed by atoms with E-state index in [2.05, 4.69) is 4.98 Å². The Morgan fingerprint density at radius 2 is 2.03 bits per heavy atom. The van der Waals surface area contributed by atoms with Crippen molar-refractivity contribution in [3.05, 3.63) is 88.7 Å². The highest BCUT2D eigenvalue weighted by molar-refractivity contribution is 7.22. The van der Waals surface area contributed by atoms with Crippen LogP contribution in [0.5, 0.6) is 5.75 Å². The van der Waals surface area contributed by atoms with E-state index in [4.69, 9.17) is 25.2 Å². The molecule has 0 radical (unpaired) electrons. The number of para-hydroxylation sites is 1. The number of halogens is 1. The first-order valence-corrected chi connectivity index (χ1v) is 11.6. The van der Waals surface area contributed by atoms with Gasteiger partial charge in [0.05, 0.1) is 29.2 Å². The number of aromatic nitrogens is 1. The van der Waals surface area contributed by atoms with Gasteiger partial charge < -0.3 is 18.7 Å². The number of ether oxygens (including phenoxy) is 1. The van der Waals surface area contributed by atoms with E-state index in [-0.39, 0.29) is 11.3 Å². The Morgan fingerprint density at radius 1 is 1.20 bits per heavy atom. The Hall–Kier alpha value is -4.08. The molecule has 5 aromatic rings. The SMILES string of the molecule is COc1cc(Cl)cc2cc(C(=O)C3=C(O)C(=O)N(c4nc5ccccc5s4)C3c3ccco3)oc12. The number of thiazole rings is 1.